The van der Waals surface area contributed by atoms with Gasteiger partial charge in [0.1, 0.15) is 22.9 Å². The van der Waals surface area contributed by atoms with Gasteiger partial charge in [0.05, 0.1) is 10.0 Å². The van der Waals surface area contributed by atoms with Crippen LogP contribution in [0.2, 0.25) is 10.0 Å². The van der Waals surface area contributed by atoms with Gasteiger partial charge in [-0.3, -0.25) is 0 Å². The van der Waals surface area contributed by atoms with Crippen LogP contribution in [0.1, 0.15) is 28.7 Å². The van der Waals surface area contributed by atoms with Crippen LogP contribution in [0, 0.1) is 23.5 Å². The predicted molar refractivity (Wildman–Crippen MR) is 150 cm³/mol. The van der Waals surface area contributed by atoms with Gasteiger partial charge in [-0.25, -0.2) is 8.78 Å². The van der Waals surface area contributed by atoms with Gasteiger partial charge in [-0.1, -0.05) is 53.3 Å². The molecule has 0 heterocycles. The molecule has 2 nitrogen and oxygen atoms in total. The van der Waals surface area contributed by atoms with Crippen molar-refractivity contribution in [2.45, 2.75) is 25.3 Å². The molecule has 0 unspecified atom stereocenters. The molecule has 0 fully saturated rings. The van der Waals surface area contributed by atoms with E-state index >= 15 is 0 Å². The maximum Gasteiger partial charge on any atom is 0.573 e. The monoisotopic (exact) mass is 638 g/mol. The first kappa shape index (κ1) is 31.8. The Bertz CT molecular complexity index is 1680. The molecule has 0 aliphatic rings. The number of rotatable bonds is 8. The zero-order valence-corrected chi connectivity index (χ0v) is 23.4. The molecule has 0 saturated heterocycles. The second-order valence-electron chi connectivity index (χ2n) is 9.05. The third kappa shape index (κ3) is 8.25. The molecule has 0 atom stereocenters. The van der Waals surface area contributed by atoms with E-state index in [1.807, 2.05) is 18.2 Å². The summed E-state index contributed by atoms with van der Waals surface area (Å²) in [5.74, 6) is 1.64. The normalized spacial score (nSPS) is 11.5. The standard InChI is InChI=1S/C32H19Cl2F7O2/c1-2-3-4-19-5-7-20(8-6-19)9-10-21-11-14-25(29(36)15-21)31(37,38)42-23-12-13-24(28(35)18-23)22-16-26(33)30(27(34)17-22)43-32(39,40)41/h2,5-8,11-18H,1,3-4H2. The molecule has 0 radical (unpaired) electrons. The van der Waals surface area contributed by atoms with Crippen LogP contribution >= 0.6 is 23.2 Å². The molecule has 4 aromatic carbocycles. The van der Waals surface area contributed by atoms with Crippen molar-refractivity contribution in [3.05, 3.63) is 129 Å². The summed E-state index contributed by atoms with van der Waals surface area (Å²) in [6, 6.07) is 14.8. The molecule has 0 spiro atoms. The van der Waals surface area contributed by atoms with Crippen LogP contribution in [0.25, 0.3) is 11.1 Å². The Kier molecular flexibility index (Phi) is 9.63. The Labute approximate surface area is 252 Å². The number of ether oxygens (including phenoxy) is 2. The minimum absolute atomic E-state index is 0.0632. The van der Waals surface area contributed by atoms with Crippen molar-refractivity contribution in [1.82, 2.24) is 0 Å². The highest BCUT2D eigenvalue weighted by Gasteiger charge is 2.38. The summed E-state index contributed by atoms with van der Waals surface area (Å²) in [6.07, 6.45) is -5.80. The fraction of sp³-hybridized carbons (Fsp3) is 0.125. The zero-order valence-electron chi connectivity index (χ0n) is 21.8. The van der Waals surface area contributed by atoms with Crippen molar-refractivity contribution in [2.75, 3.05) is 0 Å². The average Bonchev–Trinajstić information content (AvgIpc) is 2.92. The Morgan fingerprint density at radius 1 is 0.744 bits per heavy atom. The summed E-state index contributed by atoms with van der Waals surface area (Å²) < 4.78 is 105. The molecular weight excluding hydrogens is 620 g/mol. The Balaban J connectivity index is 1.50. The fourth-order valence-electron chi connectivity index (χ4n) is 3.92. The summed E-state index contributed by atoms with van der Waals surface area (Å²) in [5.41, 5.74) is 0.492. The van der Waals surface area contributed by atoms with Crippen molar-refractivity contribution < 1.29 is 40.2 Å². The highest BCUT2D eigenvalue weighted by atomic mass is 35.5. The Hall–Kier alpha value is -4.13. The number of aryl methyl sites for hydroxylation is 1. The molecule has 222 valence electrons. The van der Waals surface area contributed by atoms with E-state index < -0.39 is 51.2 Å². The summed E-state index contributed by atoms with van der Waals surface area (Å²) >= 11 is 11.6. The maximum atomic E-state index is 14.9. The lowest BCUT2D eigenvalue weighted by atomic mass is 10.0. The number of hydrogen-bond acceptors (Lipinski definition) is 2. The Morgan fingerprint density at radius 3 is 1.95 bits per heavy atom. The quantitative estimate of drug-likeness (QED) is 0.109. The molecule has 0 amide bonds. The van der Waals surface area contributed by atoms with E-state index in [0.29, 0.717) is 11.6 Å². The van der Waals surface area contributed by atoms with Gasteiger partial charge in [-0.15, -0.1) is 19.8 Å². The molecule has 0 aromatic heterocycles. The highest BCUT2D eigenvalue weighted by Crippen LogP contribution is 2.41. The number of allylic oxidation sites excluding steroid dienone is 1. The second-order valence-corrected chi connectivity index (χ2v) is 9.86. The molecule has 0 N–H and O–H groups in total. The average molecular weight is 639 g/mol. The second kappa shape index (κ2) is 13.0. The first-order chi connectivity index (χ1) is 20.3. The molecular formula is C32H19Cl2F7O2. The first-order valence-corrected chi connectivity index (χ1v) is 13.1. The summed E-state index contributed by atoms with van der Waals surface area (Å²) in [5, 5.41) is -1.13. The largest absolute Gasteiger partial charge is 0.573 e. The van der Waals surface area contributed by atoms with Gasteiger partial charge < -0.3 is 9.47 Å². The molecule has 0 aliphatic carbocycles. The molecule has 0 bridgehead atoms. The van der Waals surface area contributed by atoms with E-state index in [4.69, 9.17) is 23.2 Å². The molecule has 0 aliphatic heterocycles. The zero-order chi connectivity index (χ0) is 31.4. The van der Waals surface area contributed by atoms with Crippen LogP contribution < -0.4 is 9.47 Å². The lowest BCUT2D eigenvalue weighted by Crippen LogP contribution is -2.23. The molecule has 11 heteroatoms. The van der Waals surface area contributed by atoms with E-state index in [0.717, 1.165) is 54.8 Å². The van der Waals surface area contributed by atoms with E-state index in [2.05, 4.69) is 27.9 Å². The minimum atomic E-state index is -5.07. The summed E-state index contributed by atoms with van der Waals surface area (Å²) in [7, 11) is 0. The van der Waals surface area contributed by atoms with Crippen molar-refractivity contribution in [3.8, 4) is 34.5 Å². The van der Waals surface area contributed by atoms with E-state index in [1.165, 1.54) is 6.07 Å². The molecule has 0 saturated carbocycles. The number of hydrogen-bond donors (Lipinski definition) is 0. The minimum Gasteiger partial charge on any atom is -0.429 e. The third-order valence-corrected chi connectivity index (χ3v) is 6.50. The van der Waals surface area contributed by atoms with Crippen molar-refractivity contribution in [3.63, 3.8) is 0 Å². The van der Waals surface area contributed by atoms with Crippen LogP contribution in [0.15, 0.2) is 85.5 Å². The number of alkyl halides is 5. The lowest BCUT2D eigenvalue weighted by Gasteiger charge is -2.19. The van der Waals surface area contributed by atoms with Crippen molar-refractivity contribution in [1.29, 1.82) is 0 Å². The van der Waals surface area contributed by atoms with Crippen LogP contribution in [0.3, 0.4) is 0 Å². The molecule has 4 aromatic rings. The number of halogens is 9. The topological polar surface area (TPSA) is 18.5 Å². The summed E-state index contributed by atoms with van der Waals surface area (Å²) in [4.78, 5) is 0. The predicted octanol–water partition coefficient (Wildman–Crippen LogP) is 10.5. The van der Waals surface area contributed by atoms with Crippen LogP contribution in [-0.4, -0.2) is 6.36 Å². The fourth-order valence-corrected chi connectivity index (χ4v) is 4.49. The van der Waals surface area contributed by atoms with Crippen LogP contribution in [0.4, 0.5) is 30.7 Å². The van der Waals surface area contributed by atoms with Gasteiger partial charge in [-0.2, -0.15) is 8.78 Å². The lowest BCUT2D eigenvalue weighted by molar-refractivity contribution is -0.274. The van der Waals surface area contributed by atoms with Gasteiger partial charge >= 0.3 is 12.5 Å². The smallest absolute Gasteiger partial charge is 0.429 e. The molecule has 4 rings (SSSR count). The van der Waals surface area contributed by atoms with Crippen molar-refractivity contribution >= 4 is 23.2 Å². The third-order valence-electron chi connectivity index (χ3n) is 5.94. The van der Waals surface area contributed by atoms with Crippen molar-refractivity contribution in [2.24, 2.45) is 0 Å². The van der Waals surface area contributed by atoms with E-state index in [-0.39, 0.29) is 16.7 Å². The highest BCUT2D eigenvalue weighted by molar-refractivity contribution is 6.37. The Morgan fingerprint density at radius 2 is 1.37 bits per heavy atom. The van der Waals surface area contributed by atoms with E-state index in [9.17, 15) is 30.7 Å². The van der Waals surface area contributed by atoms with Gasteiger partial charge in [-0.05, 0) is 78.6 Å². The van der Waals surface area contributed by atoms with Crippen LogP contribution in [-0.2, 0) is 12.5 Å². The SMILES string of the molecule is C=CCCc1ccc(C#Cc2ccc(C(F)(F)Oc3ccc(-c4cc(Cl)c(OC(F)(F)F)c(Cl)c4)c(F)c3)c(F)c2)cc1. The summed E-state index contributed by atoms with van der Waals surface area (Å²) in [6.45, 7) is 3.68. The maximum absolute atomic E-state index is 14.9. The number of benzene rings is 4. The van der Waals surface area contributed by atoms with Gasteiger partial charge in [0.15, 0.2) is 5.75 Å². The first-order valence-electron chi connectivity index (χ1n) is 12.4. The molecule has 43 heavy (non-hydrogen) atoms. The van der Waals surface area contributed by atoms with Gasteiger partial charge in [0, 0.05) is 22.8 Å². The van der Waals surface area contributed by atoms with Gasteiger partial charge in [0.25, 0.3) is 0 Å². The van der Waals surface area contributed by atoms with E-state index in [1.54, 1.807) is 12.1 Å². The van der Waals surface area contributed by atoms with Gasteiger partial charge in [0.2, 0.25) is 0 Å². The van der Waals surface area contributed by atoms with Crippen LogP contribution in [0.5, 0.6) is 11.5 Å².